The highest BCUT2D eigenvalue weighted by Crippen LogP contribution is 2.18. The van der Waals surface area contributed by atoms with E-state index in [-0.39, 0.29) is 0 Å². The number of hydrogen-bond donors (Lipinski definition) is 0. The van der Waals surface area contributed by atoms with Gasteiger partial charge in [-0.2, -0.15) is 0 Å². The minimum atomic E-state index is 0.439. The van der Waals surface area contributed by atoms with Gasteiger partial charge in [0.2, 0.25) is 0 Å². The molecule has 0 aliphatic carbocycles. The van der Waals surface area contributed by atoms with Crippen molar-refractivity contribution in [3.8, 4) is 0 Å². The Kier molecular flexibility index (Phi) is 2.97. The van der Waals surface area contributed by atoms with Crippen LogP contribution < -0.4 is 0 Å². The van der Waals surface area contributed by atoms with Gasteiger partial charge in [0.15, 0.2) is 11.6 Å². The SMILES string of the molecule is c1ccc2nc(N=Nc3cnc4ccccc4n3)cnc2c1. The average molecular weight is 286 g/mol. The summed E-state index contributed by atoms with van der Waals surface area (Å²) in [5.74, 6) is 0.877. The van der Waals surface area contributed by atoms with E-state index < -0.39 is 0 Å². The number of hydrogen-bond acceptors (Lipinski definition) is 6. The highest BCUT2D eigenvalue weighted by atomic mass is 15.2. The first-order chi connectivity index (χ1) is 10.9. The number of azo groups is 1. The molecule has 0 atom stereocenters. The maximum Gasteiger partial charge on any atom is 0.193 e. The Bertz CT molecular complexity index is 914. The normalized spacial score (nSPS) is 11.5. The zero-order valence-corrected chi connectivity index (χ0v) is 11.5. The van der Waals surface area contributed by atoms with Gasteiger partial charge in [-0.15, -0.1) is 10.2 Å². The maximum absolute atomic E-state index is 4.38. The Hall–Kier alpha value is -3.28. The van der Waals surface area contributed by atoms with Crippen LogP contribution in [0, 0.1) is 0 Å². The van der Waals surface area contributed by atoms with Gasteiger partial charge >= 0.3 is 0 Å². The molecule has 0 bridgehead atoms. The van der Waals surface area contributed by atoms with Crippen LogP contribution in [-0.4, -0.2) is 19.9 Å². The van der Waals surface area contributed by atoms with Crippen molar-refractivity contribution >= 4 is 33.7 Å². The second-order valence-electron chi connectivity index (χ2n) is 4.63. The van der Waals surface area contributed by atoms with Crippen molar-refractivity contribution in [3.63, 3.8) is 0 Å². The van der Waals surface area contributed by atoms with Gasteiger partial charge in [-0.25, -0.2) is 9.97 Å². The van der Waals surface area contributed by atoms with Gasteiger partial charge in [-0.05, 0) is 24.3 Å². The molecule has 22 heavy (non-hydrogen) atoms. The highest BCUT2D eigenvalue weighted by molar-refractivity contribution is 5.75. The Morgan fingerprint density at radius 2 is 0.955 bits per heavy atom. The van der Waals surface area contributed by atoms with Crippen molar-refractivity contribution < 1.29 is 0 Å². The van der Waals surface area contributed by atoms with Crippen LogP contribution in [0.1, 0.15) is 0 Å². The van der Waals surface area contributed by atoms with E-state index in [2.05, 4.69) is 30.2 Å². The monoisotopic (exact) mass is 286 g/mol. The molecule has 0 saturated heterocycles. The number of para-hydroxylation sites is 4. The molecule has 2 aromatic carbocycles. The van der Waals surface area contributed by atoms with Gasteiger partial charge in [0.25, 0.3) is 0 Å². The summed E-state index contributed by atoms with van der Waals surface area (Å²) >= 11 is 0. The van der Waals surface area contributed by atoms with Crippen LogP contribution in [0.2, 0.25) is 0 Å². The van der Waals surface area contributed by atoms with E-state index in [0.717, 1.165) is 22.1 Å². The van der Waals surface area contributed by atoms with Crippen LogP contribution in [0.15, 0.2) is 71.2 Å². The van der Waals surface area contributed by atoms with Crippen molar-refractivity contribution in [2.75, 3.05) is 0 Å². The molecular formula is C16H10N6. The molecule has 0 radical (unpaired) electrons. The van der Waals surface area contributed by atoms with Crippen LogP contribution in [-0.2, 0) is 0 Å². The zero-order valence-electron chi connectivity index (χ0n) is 11.5. The van der Waals surface area contributed by atoms with E-state index in [1.807, 2.05) is 48.5 Å². The van der Waals surface area contributed by atoms with Crippen molar-refractivity contribution in [3.05, 3.63) is 60.9 Å². The largest absolute Gasteiger partial charge is 0.251 e. The topological polar surface area (TPSA) is 76.3 Å². The van der Waals surface area contributed by atoms with E-state index in [1.54, 1.807) is 12.4 Å². The number of rotatable bonds is 2. The number of aromatic nitrogens is 4. The third-order valence-electron chi connectivity index (χ3n) is 3.13. The van der Waals surface area contributed by atoms with E-state index >= 15 is 0 Å². The molecule has 2 aromatic heterocycles. The smallest absolute Gasteiger partial charge is 0.193 e. The highest BCUT2D eigenvalue weighted by Gasteiger charge is 2.00. The summed E-state index contributed by atoms with van der Waals surface area (Å²) in [6.45, 7) is 0. The summed E-state index contributed by atoms with van der Waals surface area (Å²) in [5, 5.41) is 8.16. The molecule has 6 nitrogen and oxygen atoms in total. The van der Waals surface area contributed by atoms with Crippen LogP contribution in [0.4, 0.5) is 11.6 Å². The lowest BCUT2D eigenvalue weighted by molar-refractivity contribution is 1.11. The van der Waals surface area contributed by atoms with E-state index in [1.165, 1.54) is 0 Å². The average Bonchev–Trinajstić information content (AvgIpc) is 2.59. The van der Waals surface area contributed by atoms with E-state index in [0.29, 0.717) is 11.6 Å². The summed E-state index contributed by atoms with van der Waals surface area (Å²) in [7, 11) is 0. The molecule has 0 spiro atoms. The molecule has 0 amide bonds. The van der Waals surface area contributed by atoms with E-state index in [4.69, 9.17) is 0 Å². The lowest BCUT2D eigenvalue weighted by Crippen LogP contribution is -1.83. The van der Waals surface area contributed by atoms with E-state index in [9.17, 15) is 0 Å². The predicted molar refractivity (Wildman–Crippen MR) is 83.3 cm³/mol. The summed E-state index contributed by atoms with van der Waals surface area (Å²) in [6, 6.07) is 15.2. The van der Waals surface area contributed by atoms with Gasteiger partial charge in [0.05, 0.1) is 34.5 Å². The Balaban J connectivity index is 1.68. The summed E-state index contributed by atoms with van der Waals surface area (Å²) < 4.78 is 0. The van der Waals surface area contributed by atoms with Crippen LogP contribution in [0.25, 0.3) is 22.1 Å². The minimum Gasteiger partial charge on any atom is -0.251 e. The molecule has 0 fully saturated rings. The standard InChI is InChI=1S/C16H10N6/c1-3-7-13-11(5-1)17-9-15(19-13)21-22-16-10-18-12-6-2-4-8-14(12)20-16/h1-10H. The molecule has 0 aliphatic heterocycles. The van der Waals surface area contributed by atoms with Gasteiger partial charge in [-0.1, -0.05) is 24.3 Å². The predicted octanol–water partition coefficient (Wildman–Crippen LogP) is 3.99. The molecule has 6 heteroatoms. The summed E-state index contributed by atoms with van der Waals surface area (Å²) in [6.07, 6.45) is 3.17. The molecule has 0 unspecified atom stereocenters. The lowest BCUT2D eigenvalue weighted by Gasteiger charge is -1.97. The fraction of sp³-hybridized carbons (Fsp3) is 0. The molecule has 0 aliphatic rings. The first-order valence-electron chi connectivity index (χ1n) is 6.74. The molecule has 0 saturated carbocycles. The molecule has 104 valence electrons. The number of nitrogens with zero attached hydrogens (tertiary/aromatic N) is 6. The van der Waals surface area contributed by atoms with Crippen LogP contribution in [0.3, 0.4) is 0 Å². The minimum absolute atomic E-state index is 0.439. The zero-order chi connectivity index (χ0) is 14.8. The molecule has 2 heterocycles. The third kappa shape index (κ3) is 2.37. The van der Waals surface area contributed by atoms with Crippen LogP contribution in [0.5, 0.6) is 0 Å². The molecular weight excluding hydrogens is 276 g/mol. The Morgan fingerprint density at radius 3 is 1.41 bits per heavy atom. The fourth-order valence-electron chi connectivity index (χ4n) is 2.09. The van der Waals surface area contributed by atoms with Crippen molar-refractivity contribution in [1.29, 1.82) is 0 Å². The fourth-order valence-corrected chi connectivity index (χ4v) is 2.09. The molecule has 4 aromatic rings. The van der Waals surface area contributed by atoms with Gasteiger partial charge < -0.3 is 0 Å². The van der Waals surface area contributed by atoms with Gasteiger partial charge in [-0.3, -0.25) is 9.97 Å². The van der Waals surface area contributed by atoms with Crippen molar-refractivity contribution in [2.24, 2.45) is 10.2 Å². The Morgan fingerprint density at radius 1 is 0.545 bits per heavy atom. The Labute approximate surface area is 125 Å². The molecule has 0 N–H and O–H groups in total. The number of benzene rings is 2. The van der Waals surface area contributed by atoms with Gasteiger partial charge in [0.1, 0.15) is 0 Å². The van der Waals surface area contributed by atoms with Crippen molar-refractivity contribution in [2.45, 2.75) is 0 Å². The van der Waals surface area contributed by atoms with Crippen LogP contribution >= 0.6 is 0 Å². The second kappa shape index (κ2) is 5.25. The summed E-state index contributed by atoms with van der Waals surface area (Å²) in [4.78, 5) is 17.3. The third-order valence-corrected chi connectivity index (χ3v) is 3.13. The maximum atomic E-state index is 4.38. The molecule has 4 rings (SSSR count). The van der Waals surface area contributed by atoms with Crippen molar-refractivity contribution in [1.82, 2.24) is 19.9 Å². The first-order valence-corrected chi connectivity index (χ1v) is 6.74. The quantitative estimate of drug-likeness (QED) is 0.522. The van der Waals surface area contributed by atoms with Gasteiger partial charge in [0, 0.05) is 0 Å². The summed E-state index contributed by atoms with van der Waals surface area (Å²) in [5.41, 5.74) is 3.21. The number of fused-ring (bicyclic) bond motifs is 2. The lowest BCUT2D eigenvalue weighted by atomic mass is 10.3. The second-order valence-corrected chi connectivity index (χ2v) is 4.63. The first kappa shape index (κ1) is 12.5.